The van der Waals surface area contributed by atoms with Crippen LogP contribution < -0.4 is 10.5 Å². The van der Waals surface area contributed by atoms with Crippen LogP contribution in [0.1, 0.15) is 16.7 Å². The van der Waals surface area contributed by atoms with Crippen LogP contribution in [0.5, 0.6) is 5.75 Å². The molecule has 0 aliphatic heterocycles. The van der Waals surface area contributed by atoms with Crippen LogP contribution in [0.15, 0.2) is 42.7 Å². The Bertz CT molecular complexity index is 497. The highest BCUT2D eigenvalue weighted by atomic mass is 16.5. The molecule has 0 saturated heterocycles. The van der Waals surface area contributed by atoms with E-state index in [4.69, 9.17) is 10.5 Å². The Kier molecular flexibility index (Phi) is 3.73. The molecule has 2 N–H and O–H groups in total. The maximum Gasteiger partial charge on any atom is 0.122 e. The summed E-state index contributed by atoms with van der Waals surface area (Å²) < 4.78 is 5.77. The normalized spacial score (nSPS) is 10.2. The number of pyridine rings is 1. The van der Waals surface area contributed by atoms with Crippen LogP contribution in [0.4, 0.5) is 0 Å². The second-order valence-electron chi connectivity index (χ2n) is 3.90. The molecule has 0 spiro atoms. The minimum Gasteiger partial charge on any atom is -0.489 e. The van der Waals surface area contributed by atoms with Crippen LogP contribution in [0, 0.1) is 6.92 Å². The van der Waals surface area contributed by atoms with Crippen molar-refractivity contribution in [2.75, 3.05) is 0 Å². The first-order valence-electron chi connectivity index (χ1n) is 5.61. The number of para-hydroxylation sites is 1. The van der Waals surface area contributed by atoms with Crippen molar-refractivity contribution in [3.63, 3.8) is 0 Å². The largest absolute Gasteiger partial charge is 0.489 e. The average Bonchev–Trinajstić information content (AvgIpc) is 2.38. The number of benzene rings is 1. The molecule has 0 fully saturated rings. The summed E-state index contributed by atoms with van der Waals surface area (Å²) in [6, 6.07) is 9.89. The van der Waals surface area contributed by atoms with Crippen molar-refractivity contribution < 1.29 is 4.74 Å². The van der Waals surface area contributed by atoms with Gasteiger partial charge in [-0.25, -0.2) is 0 Å². The first-order valence-corrected chi connectivity index (χ1v) is 5.61. The monoisotopic (exact) mass is 228 g/mol. The standard InChI is InChI=1S/C14H16N2O/c1-11-4-2-3-5-14(11)17-10-13-9-16-7-6-12(13)8-15/h2-7,9H,8,10,15H2,1H3. The molecule has 0 aliphatic carbocycles. The number of nitrogens with two attached hydrogens (primary N) is 1. The summed E-state index contributed by atoms with van der Waals surface area (Å²) in [5.74, 6) is 0.902. The zero-order valence-electron chi connectivity index (χ0n) is 9.89. The molecule has 17 heavy (non-hydrogen) atoms. The number of hydrogen-bond acceptors (Lipinski definition) is 3. The molecule has 2 rings (SSSR count). The zero-order chi connectivity index (χ0) is 12.1. The molecule has 0 aliphatic rings. The van der Waals surface area contributed by atoms with Gasteiger partial charge < -0.3 is 10.5 Å². The van der Waals surface area contributed by atoms with E-state index < -0.39 is 0 Å². The predicted octanol–water partition coefficient (Wildman–Crippen LogP) is 2.43. The van der Waals surface area contributed by atoms with Crippen LogP contribution in [0.2, 0.25) is 0 Å². The van der Waals surface area contributed by atoms with Crippen LogP contribution in [-0.4, -0.2) is 4.98 Å². The van der Waals surface area contributed by atoms with Gasteiger partial charge in [0.05, 0.1) is 0 Å². The van der Waals surface area contributed by atoms with Crippen LogP contribution in [-0.2, 0) is 13.2 Å². The quantitative estimate of drug-likeness (QED) is 0.874. The highest BCUT2D eigenvalue weighted by Crippen LogP contribution is 2.18. The molecular formula is C14H16N2O. The van der Waals surface area contributed by atoms with Gasteiger partial charge in [0.25, 0.3) is 0 Å². The summed E-state index contributed by atoms with van der Waals surface area (Å²) in [6.45, 7) is 3.04. The van der Waals surface area contributed by atoms with Gasteiger partial charge in [-0.05, 0) is 30.2 Å². The highest BCUT2D eigenvalue weighted by Gasteiger charge is 2.03. The third-order valence-corrected chi connectivity index (χ3v) is 2.70. The first-order chi connectivity index (χ1) is 8.31. The summed E-state index contributed by atoms with van der Waals surface area (Å²) in [5, 5.41) is 0. The second-order valence-corrected chi connectivity index (χ2v) is 3.90. The third-order valence-electron chi connectivity index (χ3n) is 2.70. The Hall–Kier alpha value is -1.87. The van der Waals surface area contributed by atoms with E-state index >= 15 is 0 Å². The number of hydrogen-bond donors (Lipinski definition) is 1. The van der Waals surface area contributed by atoms with Gasteiger partial charge in [-0.1, -0.05) is 18.2 Å². The van der Waals surface area contributed by atoms with Gasteiger partial charge in [0.2, 0.25) is 0 Å². The van der Waals surface area contributed by atoms with Crippen LogP contribution in [0.25, 0.3) is 0 Å². The maximum atomic E-state index is 5.77. The fraction of sp³-hybridized carbons (Fsp3) is 0.214. The molecule has 1 aromatic heterocycles. The lowest BCUT2D eigenvalue weighted by atomic mass is 10.1. The van der Waals surface area contributed by atoms with Crippen molar-refractivity contribution >= 4 is 0 Å². The summed E-state index contributed by atoms with van der Waals surface area (Å²) in [4.78, 5) is 4.09. The van der Waals surface area contributed by atoms with Gasteiger partial charge in [-0.3, -0.25) is 4.98 Å². The molecular weight excluding hydrogens is 212 g/mol. The molecule has 0 bridgehead atoms. The predicted molar refractivity (Wildman–Crippen MR) is 67.6 cm³/mol. The molecule has 3 nitrogen and oxygen atoms in total. The Labute approximate surface area is 101 Å². The van der Waals surface area contributed by atoms with Crippen molar-refractivity contribution in [2.45, 2.75) is 20.1 Å². The van der Waals surface area contributed by atoms with Crippen molar-refractivity contribution in [2.24, 2.45) is 5.73 Å². The average molecular weight is 228 g/mol. The Morgan fingerprint density at radius 2 is 2.00 bits per heavy atom. The van der Waals surface area contributed by atoms with E-state index in [2.05, 4.69) is 4.98 Å². The molecule has 0 amide bonds. The molecule has 0 unspecified atom stereocenters. The molecule has 3 heteroatoms. The fourth-order valence-corrected chi connectivity index (χ4v) is 1.66. The summed E-state index contributed by atoms with van der Waals surface area (Å²) in [5.41, 5.74) is 8.91. The highest BCUT2D eigenvalue weighted by molar-refractivity contribution is 5.32. The van der Waals surface area contributed by atoms with Gasteiger partial charge in [0, 0.05) is 24.5 Å². The smallest absolute Gasteiger partial charge is 0.122 e. The minimum absolute atomic E-state index is 0.505. The number of aromatic nitrogens is 1. The number of rotatable bonds is 4. The lowest BCUT2D eigenvalue weighted by molar-refractivity contribution is 0.302. The van der Waals surface area contributed by atoms with E-state index in [1.807, 2.05) is 37.3 Å². The Morgan fingerprint density at radius 3 is 2.76 bits per heavy atom. The van der Waals surface area contributed by atoms with E-state index in [0.29, 0.717) is 13.2 Å². The van der Waals surface area contributed by atoms with E-state index in [0.717, 1.165) is 22.4 Å². The third kappa shape index (κ3) is 2.82. The molecule has 88 valence electrons. The molecule has 0 radical (unpaired) electrons. The number of ether oxygens (including phenoxy) is 1. The lowest BCUT2D eigenvalue weighted by Crippen LogP contribution is -2.05. The van der Waals surface area contributed by atoms with Crippen molar-refractivity contribution in [3.05, 3.63) is 59.4 Å². The van der Waals surface area contributed by atoms with Crippen LogP contribution >= 0.6 is 0 Å². The van der Waals surface area contributed by atoms with E-state index in [1.165, 1.54) is 0 Å². The van der Waals surface area contributed by atoms with Crippen molar-refractivity contribution in [1.82, 2.24) is 4.98 Å². The second kappa shape index (κ2) is 5.46. The Balaban J connectivity index is 2.10. The number of aryl methyl sites for hydroxylation is 1. The van der Waals surface area contributed by atoms with E-state index in [-0.39, 0.29) is 0 Å². The molecule has 2 aromatic rings. The molecule has 1 heterocycles. The number of nitrogens with zero attached hydrogens (tertiary/aromatic N) is 1. The summed E-state index contributed by atoms with van der Waals surface area (Å²) >= 11 is 0. The Morgan fingerprint density at radius 1 is 1.18 bits per heavy atom. The van der Waals surface area contributed by atoms with Crippen molar-refractivity contribution in [3.8, 4) is 5.75 Å². The summed E-state index contributed by atoms with van der Waals surface area (Å²) in [6.07, 6.45) is 3.56. The van der Waals surface area contributed by atoms with Gasteiger partial charge in [-0.15, -0.1) is 0 Å². The zero-order valence-corrected chi connectivity index (χ0v) is 9.89. The lowest BCUT2D eigenvalue weighted by Gasteiger charge is -2.10. The van der Waals surface area contributed by atoms with Crippen molar-refractivity contribution in [1.29, 1.82) is 0 Å². The van der Waals surface area contributed by atoms with Gasteiger partial charge in [0.1, 0.15) is 12.4 Å². The first kappa shape index (κ1) is 11.6. The van der Waals surface area contributed by atoms with E-state index in [9.17, 15) is 0 Å². The fourth-order valence-electron chi connectivity index (χ4n) is 1.66. The van der Waals surface area contributed by atoms with Gasteiger partial charge in [-0.2, -0.15) is 0 Å². The SMILES string of the molecule is Cc1ccccc1OCc1cnccc1CN. The molecule has 1 aromatic carbocycles. The maximum absolute atomic E-state index is 5.77. The van der Waals surface area contributed by atoms with Gasteiger partial charge in [0.15, 0.2) is 0 Å². The van der Waals surface area contributed by atoms with Gasteiger partial charge >= 0.3 is 0 Å². The molecule has 0 saturated carbocycles. The van der Waals surface area contributed by atoms with Crippen LogP contribution in [0.3, 0.4) is 0 Å². The molecule has 0 atom stereocenters. The minimum atomic E-state index is 0.505. The topological polar surface area (TPSA) is 48.1 Å². The summed E-state index contributed by atoms with van der Waals surface area (Å²) in [7, 11) is 0. The van der Waals surface area contributed by atoms with E-state index in [1.54, 1.807) is 12.4 Å².